The maximum absolute atomic E-state index is 12.2. The summed E-state index contributed by atoms with van der Waals surface area (Å²) in [6, 6.07) is 6.62. The quantitative estimate of drug-likeness (QED) is 0.833. The van der Waals surface area contributed by atoms with E-state index in [9.17, 15) is 14.4 Å². The molecule has 3 amide bonds. The summed E-state index contributed by atoms with van der Waals surface area (Å²) in [5.41, 5.74) is 0.213. The fourth-order valence-corrected chi connectivity index (χ4v) is 3.13. The predicted octanol–water partition coefficient (Wildman–Crippen LogP) is 2.18. The lowest BCUT2D eigenvalue weighted by Crippen LogP contribution is -2.49. The van der Waals surface area contributed by atoms with Gasteiger partial charge in [-0.05, 0) is 44.7 Å². The second kappa shape index (κ2) is 5.66. The van der Waals surface area contributed by atoms with Crippen LogP contribution in [-0.2, 0) is 4.84 Å². The van der Waals surface area contributed by atoms with Gasteiger partial charge in [0.05, 0.1) is 17.2 Å². The number of nitrogens with zero attached hydrogens (tertiary/aromatic N) is 1. The van der Waals surface area contributed by atoms with Crippen LogP contribution in [0.1, 0.15) is 53.3 Å². The van der Waals surface area contributed by atoms with Gasteiger partial charge in [0.2, 0.25) is 0 Å². The normalized spacial score (nSPS) is 27.0. The third-order valence-electron chi connectivity index (χ3n) is 4.46. The minimum Gasteiger partial charge on any atom is -0.465 e. The summed E-state index contributed by atoms with van der Waals surface area (Å²) in [6.07, 6.45) is 1.00. The molecule has 2 N–H and O–H groups in total. The zero-order chi connectivity index (χ0) is 16.6. The molecule has 0 unspecified atom stereocenters. The highest BCUT2D eigenvalue weighted by atomic mass is 16.7. The average Bonchev–Trinajstić information content (AvgIpc) is 2.74. The van der Waals surface area contributed by atoms with E-state index in [-0.39, 0.29) is 6.10 Å². The van der Waals surface area contributed by atoms with Crippen molar-refractivity contribution in [3.63, 3.8) is 0 Å². The standard InChI is InChI=1S/C16H18N2O5/c1-16(17-15(21)22)8-6-10(7-9-16)23-18-13(19)11-4-2-3-5-12(11)14(18)20/h2-5,10,17H,6-9H2,1H3,(H,21,22). The molecule has 7 nitrogen and oxygen atoms in total. The minimum atomic E-state index is -1.05. The Hall–Kier alpha value is -2.41. The van der Waals surface area contributed by atoms with Gasteiger partial charge in [-0.1, -0.05) is 12.1 Å². The number of hydrogen-bond acceptors (Lipinski definition) is 4. The lowest BCUT2D eigenvalue weighted by Gasteiger charge is -2.37. The summed E-state index contributed by atoms with van der Waals surface area (Å²) in [5.74, 6) is -0.884. The van der Waals surface area contributed by atoms with Crippen molar-refractivity contribution in [3.05, 3.63) is 35.4 Å². The van der Waals surface area contributed by atoms with E-state index in [4.69, 9.17) is 9.94 Å². The van der Waals surface area contributed by atoms with Crippen LogP contribution in [0.4, 0.5) is 4.79 Å². The first kappa shape index (κ1) is 15.5. The maximum atomic E-state index is 12.2. The summed E-state index contributed by atoms with van der Waals surface area (Å²) in [4.78, 5) is 40.9. The number of hydrogen-bond donors (Lipinski definition) is 2. The van der Waals surface area contributed by atoms with Crippen molar-refractivity contribution in [2.45, 2.75) is 44.2 Å². The first-order valence-electron chi connectivity index (χ1n) is 7.55. The van der Waals surface area contributed by atoms with E-state index >= 15 is 0 Å². The van der Waals surface area contributed by atoms with Crippen LogP contribution < -0.4 is 5.32 Å². The van der Waals surface area contributed by atoms with Gasteiger partial charge in [0.1, 0.15) is 0 Å². The topological polar surface area (TPSA) is 95.9 Å². The van der Waals surface area contributed by atoms with Crippen molar-refractivity contribution in [1.82, 2.24) is 10.4 Å². The Morgan fingerprint density at radius 3 is 2.22 bits per heavy atom. The molecule has 0 bridgehead atoms. The van der Waals surface area contributed by atoms with E-state index in [0.29, 0.717) is 36.8 Å². The van der Waals surface area contributed by atoms with Crippen molar-refractivity contribution in [2.24, 2.45) is 0 Å². The number of carboxylic acid groups (broad SMARTS) is 1. The smallest absolute Gasteiger partial charge is 0.405 e. The Morgan fingerprint density at radius 2 is 1.74 bits per heavy atom. The van der Waals surface area contributed by atoms with Gasteiger partial charge in [-0.15, -0.1) is 5.06 Å². The highest BCUT2D eigenvalue weighted by Crippen LogP contribution is 2.32. The van der Waals surface area contributed by atoms with Crippen molar-refractivity contribution in [2.75, 3.05) is 0 Å². The first-order valence-corrected chi connectivity index (χ1v) is 7.55. The molecule has 1 heterocycles. The predicted molar refractivity (Wildman–Crippen MR) is 79.8 cm³/mol. The zero-order valence-electron chi connectivity index (χ0n) is 12.7. The Balaban J connectivity index is 1.63. The average molecular weight is 318 g/mol. The molecule has 1 aromatic rings. The Labute approximate surface area is 133 Å². The van der Waals surface area contributed by atoms with Crippen molar-refractivity contribution in [3.8, 4) is 0 Å². The molecule has 0 spiro atoms. The molecule has 7 heteroatoms. The van der Waals surface area contributed by atoms with E-state index in [2.05, 4.69) is 5.32 Å². The van der Waals surface area contributed by atoms with Crippen LogP contribution in [0.5, 0.6) is 0 Å². The fraction of sp³-hybridized carbons (Fsp3) is 0.438. The van der Waals surface area contributed by atoms with Crippen LogP contribution in [-0.4, -0.2) is 39.7 Å². The van der Waals surface area contributed by atoms with E-state index in [1.54, 1.807) is 24.3 Å². The van der Waals surface area contributed by atoms with Gasteiger partial charge < -0.3 is 10.4 Å². The molecule has 1 fully saturated rings. The lowest BCUT2D eigenvalue weighted by atomic mass is 9.82. The van der Waals surface area contributed by atoms with Gasteiger partial charge in [-0.25, -0.2) is 4.79 Å². The summed E-state index contributed by atoms with van der Waals surface area (Å²) < 4.78 is 0. The number of carbonyl (C=O) groups excluding carboxylic acids is 2. The second-order valence-corrected chi connectivity index (χ2v) is 6.25. The van der Waals surface area contributed by atoms with Gasteiger partial charge in [0.15, 0.2) is 0 Å². The molecule has 0 atom stereocenters. The van der Waals surface area contributed by atoms with E-state index in [0.717, 1.165) is 5.06 Å². The highest BCUT2D eigenvalue weighted by molar-refractivity contribution is 6.20. The number of imide groups is 1. The highest BCUT2D eigenvalue weighted by Gasteiger charge is 2.40. The number of hydroxylamine groups is 2. The number of carbonyl (C=O) groups is 3. The van der Waals surface area contributed by atoms with E-state index < -0.39 is 23.4 Å². The lowest BCUT2D eigenvalue weighted by molar-refractivity contribution is -0.145. The number of amides is 3. The number of nitrogens with one attached hydrogen (secondary N) is 1. The summed E-state index contributed by atoms with van der Waals surface area (Å²) in [5, 5.41) is 12.2. The number of benzene rings is 1. The number of rotatable bonds is 3. The molecule has 0 aromatic heterocycles. The van der Waals surface area contributed by atoms with Crippen LogP contribution in [0, 0.1) is 0 Å². The van der Waals surface area contributed by atoms with Gasteiger partial charge in [-0.3, -0.25) is 14.4 Å². The largest absolute Gasteiger partial charge is 0.465 e. The molecule has 23 heavy (non-hydrogen) atoms. The van der Waals surface area contributed by atoms with Crippen LogP contribution >= 0.6 is 0 Å². The molecular weight excluding hydrogens is 300 g/mol. The van der Waals surface area contributed by atoms with Crippen LogP contribution in [0.15, 0.2) is 24.3 Å². The third-order valence-corrected chi connectivity index (χ3v) is 4.46. The molecular formula is C16H18N2O5. The summed E-state index contributed by atoms with van der Waals surface area (Å²) in [7, 11) is 0. The molecule has 1 saturated carbocycles. The molecule has 0 saturated heterocycles. The van der Waals surface area contributed by atoms with Gasteiger partial charge in [0, 0.05) is 5.54 Å². The molecule has 1 aliphatic carbocycles. The number of fused-ring (bicyclic) bond motifs is 1. The fourth-order valence-electron chi connectivity index (χ4n) is 3.13. The van der Waals surface area contributed by atoms with Crippen molar-refractivity contribution in [1.29, 1.82) is 0 Å². The van der Waals surface area contributed by atoms with Crippen LogP contribution in [0.3, 0.4) is 0 Å². The molecule has 122 valence electrons. The van der Waals surface area contributed by atoms with Gasteiger partial charge in [-0.2, -0.15) is 0 Å². The molecule has 1 aliphatic heterocycles. The summed E-state index contributed by atoms with van der Waals surface area (Å²) in [6.45, 7) is 1.85. The van der Waals surface area contributed by atoms with E-state index in [1.165, 1.54) is 0 Å². The third kappa shape index (κ3) is 2.92. The van der Waals surface area contributed by atoms with Crippen LogP contribution in [0.2, 0.25) is 0 Å². The van der Waals surface area contributed by atoms with Gasteiger partial charge in [0.25, 0.3) is 11.8 Å². The first-order chi connectivity index (χ1) is 10.9. The Morgan fingerprint density at radius 1 is 1.22 bits per heavy atom. The molecule has 3 rings (SSSR count). The van der Waals surface area contributed by atoms with Gasteiger partial charge >= 0.3 is 6.09 Å². The molecule has 1 aromatic carbocycles. The van der Waals surface area contributed by atoms with E-state index in [1.807, 2.05) is 6.92 Å². The Bertz CT molecular complexity index is 629. The minimum absolute atomic E-state index is 0.277. The van der Waals surface area contributed by atoms with Crippen molar-refractivity contribution >= 4 is 17.9 Å². The van der Waals surface area contributed by atoms with Crippen LogP contribution in [0.25, 0.3) is 0 Å². The SMILES string of the molecule is CC1(NC(=O)O)CCC(ON2C(=O)c3ccccc3C2=O)CC1. The molecule has 0 radical (unpaired) electrons. The zero-order valence-corrected chi connectivity index (χ0v) is 12.7. The molecule has 2 aliphatic rings. The second-order valence-electron chi connectivity index (χ2n) is 6.25. The Kier molecular flexibility index (Phi) is 3.81. The summed E-state index contributed by atoms with van der Waals surface area (Å²) >= 11 is 0. The maximum Gasteiger partial charge on any atom is 0.405 e. The monoisotopic (exact) mass is 318 g/mol. The van der Waals surface area contributed by atoms with Crippen molar-refractivity contribution < 1.29 is 24.3 Å².